The standard InChI is InChI=1S/C10H13F2NO/c1-6-2-3-9(11)8(10(6)12)4-7(14)5-13/h2-3,7,14H,4-5,13H2,1H3. The largest absolute Gasteiger partial charge is 0.391 e. The van der Waals surface area contributed by atoms with Crippen LogP contribution in [-0.2, 0) is 6.42 Å². The van der Waals surface area contributed by atoms with Crippen molar-refractivity contribution in [1.82, 2.24) is 0 Å². The number of aliphatic hydroxyl groups excluding tert-OH is 1. The molecule has 0 aliphatic carbocycles. The minimum Gasteiger partial charge on any atom is -0.391 e. The fourth-order valence-corrected chi connectivity index (χ4v) is 1.22. The lowest BCUT2D eigenvalue weighted by atomic mass is 10.0. The van der Waals surface area contributed by atoms with Gasteiger partial charge < -0.3 is 10.8 Å². The minimum absolute atomic E-state index is 0.00712. The predicted octanol–water partition coefficient (Wildman–Crippen LogP) is 1.14. The molecule has 2 nitrogen and oxygen atoms in total. The van der Waals surface area contributed by atoms with Gasteiger partial charge in [-0.05, 0) is 18.6 Å². The molecule has 0 saturated carbocycles. The van der Waals surface area contributed by atoms with E-state index in [2.05, 4.69) is 0 Å². The Morgan fingerprint density at radius 2 is 2.07 bits per heavy atom. The first-order chi connectivity index (χ1) is 6.56. The van der Waals surface area contributed by atoms with Gasteiger partial charge in [0.2, 0.25) is 0 Å². The van der Waals surface area contributed by atoms with Crippen LogP contribution in [0.2, 0.25) is 0 Å². The summed E-state index contributed by atoms with van der Waals surface area (Å²) in [5, 5.41) is 9.19. The minimum atomic E-state index is -0.902. The lowest BCUT2D eigenvalue weighted by molar-refractivity contribution is 0.180. The van der Waals surface area contributed by atoms with Gasteiger partial charge >= 0.3 is 0 Å². The van der Waals surface area contributed by atoms with Gasteiger partial charge in [-0.2, -0.15) is 0 Å². The Bertz CT molecular complexity index is 328. The zero-order valence-corrected chi connectivity index (χ0v) is 7.93. The van der Waals surface area contributed by atoms with Crippen molar-refractivity contribution in [1.29, 1.82) is 0 Å². The average molecular weight is 201 g/mol. The quantitative estimate of drug-likeness (QED) is 0.770. The summed E-state index contributed by atoms with van der Waals surface area (Å²) in [4.78, 5) is 0. The van der Waals surface area contributed by atoms with Crippen molar-refractivity contribution in [3.63, 3.8) is 0 Å². The summed E-state index contributed by atoms with van der Waals surface area (Å²) in [6.07, 6.45) is -0.989. The van der Waals surface area contributed by atoms with Crippen LogP contribution in [0.25, 0.3) is 0 Å². The summed E-state index contributed by atoms with van der Waals surface area (Å²) in [5.74, 6) is -1.24. The summed E-state index contributed by atoms with van der Waals surface area (Å²) in [5.41, 5.74) is 5.44. The summed E-state index contributed by atoms with van der Waals surface area (Å²) >= 11 is 0. The third kappa shape index (κ3) is 2.27. The van der Waals surface area contributed by atoms with Crippen molar-refractivity contribution < 1.29 is 13.9 Å². The van der Waals surface area contributed by atoms with Gasteiger partial charge in [0.15, 0.2) is 0 Å². The van der Waals surface area contributed by atoms with Crippen LogP contribution < -0.4 is 5.73 Å². The highest BCUT2D eigenvalue weighted by molar-refractivity contribution is 5.27. The molecule has 1 unspecified atom stereocenters. The van der Waals surface area contributed by atoms with E-state index < -0.39 is 17.7 Å². The molecule has 14 heavy (non-hydrogen) atoms. The highest BCUT2D eigenvalue weighted by Crippen LogP contribution is 2.17. The molecule has 0 spiro atoms. The van der Waals surface area contributed by atoms with Crippen molar-refractivity contribution in [2.24, 2.45) is 5.73 Å². The first kappa shape index (κ1) is 11.1. The van der Waals surface area contributed by atoms with Gasteiger partial charge in [-0.1, -0.05) is 6.07 Å². The molecule has 0 aliphatic rings. The number of hydrogen-bond acceptors (Lipinski definition) is 2. The zero-order valence-electron chi connectivity index (χ0n) is 7.93. The Morgan fingerprint density at radius 3 is 2.64 bits per heavy atom. The third-order valence-electron chi connectivity index (χ3n) is 2.09. The number of aliphatic hydroxyl groups is 1. The fraction of sp³-hybridized carbons (Fsp3) is 0.400. The predicted molar refractivity (Wildman–Crippen MR) is 49.9 cm³/mol. The van der Waals surface area contributed by atoms with Gasteiger partial charge in [0.1, 0.15) is 11.6 Å². The Morgan fingerprint density at radius 1 is 1.43 bits per heavy atom. The van der Waals surface area contributed by atoms with Crippen LogP contribution in [0.5, 0.6) is 0 Å². The van der Waals surface area contributed by atoms with E-state index in [1.54, 1.807) is 6.92 Å². The van der Waals surface area contributed by atoms with Gasteiger partial charge in [-0.25, -0.2) is 8.78 Å². The number of nitrogens with two attached hydrogens (primary N) is 1. The lowest BCUT2D eigenvalue weighted by Crippen LogP contribution is -2.23. The van der Waals surface area contributed by atoms with Gasteiger partial charge in [0.25, 0.3) is 0 Å². The van der Waals surface area contributed by atoms with Crippen molar-refractivity contribution in [3.05, 3.63) is 34.9 Å². The zero-order chi connectivity index (χ0) is 10.7. The van der Waals surface area contributed by atoms with E-state index in [0.29, 0.717) is 5.56 Å². The smallest absolute Gasteiger partial charge is 0.132 e. The maximum Gasteiger partial charge on any atom is 0.132 e. The van der Waals surface area contributed by atoms with Crippen LogP contribution in [-0.4, -0.2) is 17.8 Å². The van der Waals surface area contributed by atoms with Crippen molar-refractivity contribution in [2.75, 3.05) is 6.54 Å². The molecule has 1 atom stereocenters. The SMILES string of the molecule is Cc1ccc(F)c(CC(O)CN)c1F. The van der Waals surface area contributed by atoms with Gasteiger partial charge in [-0.15, -0.1) is 0 Å². The van der Waals surface area contributed by atoms with E-state index in [-0.39, 0.29) is 18.5 Å². The number of hydrogen-bond donors (Lipinski definition) is 2. The second-order valence-electron chi connectivity index (χ2n) is 3.25. The van der Waals surface area contributed by atoms with Crippen molar-refractivity contribution >= 4 is 0 Å². The maximum absolute atomic E-state index is 13.4. The van der Waals surface area contributed by atoms with E-state index in [1.807, 2.05) is 0 Å². The first-order valence-electron chi connectivity index (χ1n) is 4.38. The molecule has 4 heteroatoms. The van der Waals surface area contributed by atoms with Gasteiger partial charge in [-0.3, -0.25) is 0 Å². The molecule has 0 amide bonds. The van der Waals surface area contributed by atoms with Crippen molar-refractivity contribution in [3.8, 4) is 0 Å². The number of rotatable bonds is 3. The number of benzene rings is 1. The molecule has 0 radical (unpaired) electrons. The van der Waals surface area contributed by atoms with E-state index in [9.17, 15) is 13.9 Å². The van der Waals surface area contributed by atoms with Gasteiger partial charge in [0.05, 0.1) is 6.10 Å². The molecule has 78 valence electrons. The van der Waals surface area contributed by atoms with E-state index in [1.165, 1.54) is 12.1 Å². The molecule has 0 bridgehead atoms. The monoisotopic (exact) mass is 201 g/mol. The summed E-state index contributed by atoms with van der Waals surface area (Å²) in [6, 6.07) is 2.56. The molecule has 0 fully saturated rings. The highest BCUT2D eigenvalue weighted by atomic mass is 19.1. The summed E-state index contributed by atoms with van der Waals surface area (Å²) < 4.78 is 26.5. The molecular formula is C10H13F2NO. The Labute approximate surface area is 81.4 Å². The average Bonchev–Trinajstić information content (AvgIpc) is 2.18. The first-order valence-corrected chi connectivity index (χ1v) is 4.38. The molecule has 0 heterocycles. The Hall–Kier alpha value is -1.00. The fourth-order valence-electron chi connectivity index (χ4n) is 1.22. The van der Waals surface area contributed by atoms with E-state index >= 15 is 0 Å². The van der Waals surface area contributed by atoms with Crippen LogP contribution in [0.4, 0.5) is 8.78 Å². The number of aryl methyl sites for hydroxylation is 1. The maximum atomic E-state index is 13.4. The Balaban J connectivity index is 3.00. The van der Waals surface area contributed by atoms with E-state index in [4.69, 9.17) is 5.73 Å². The van der Waals surface area contributed by atoms with Crippen LogP contribution in [0.1, 0.15) is 11.1 Å². The number of halogens is 2. The van der Waals surface area contributed by atoms with Gasteiger partial charge in [0, 0.05) is 18.5 Å². The molecule has 0 aromatic heterocycles. The topological polar surface area (TPSA) is 46.2 Å². The van der Waals surface area contributed by atoms with E-state index in [0.717, 1.165) is 0 Å². The Kier molecular flexibility index (Phi) is 3.55. The molecule has 0 aliphatic heterocycles. The highest BCUT2D eigenvalue weighted by Gasteiger charge is 2.14. The molecule has 3 N–H and O–H groups in total. The molecule has 0 saturated heterocycles. The lowest BCUT2D eigenvalue weighted by Gasteiger charge is -2.10. The van der Waals surface area contributed by atoms with Crippen molar-refractivity contribution in [2.45, 2.75) is 19.4 Å². The van der Waals surface area contributed by atoms with Crippen LogP contribution in [0.3, 0.4) is 0 Å². The second-order valence-corrected chi connectivity index (χ2v) is 3.25. The molecule has 1 rings (SSSR count). The van der Waals surface area contributed by atoms with Crippen LogP contribution in [0, 0.1) is 18.6 Å². The normalized spacial score (nSPS) is 12.9. The summed E-state index contributed by atoms with van der Waals surface area (Å²) in [7, 11) is 0. The molecule has 1 aromatic rings. The van der Waals surface area contributed by atoms with Crippen LogP contribution >= 0.6 is 0 Å². The molecular weight excluding hydrogens is 188 g/mol. The molecule has 1 aromatic carbocycles. The summed E-state index contributed by atoms with van der Waals surface area (Å²) in [6.45, 7) is 1.54. The third-order valence-corrected chi connectivity index (χ3v) is 2.09. The second kappa shape index (κ2) is 4.48. The van der Waals surface area contributed by atoms with Crippen LogP contribution in [0.15, 0.2) is 12.1 Å².